The second-order valence-corrected chi connectivity index (χ2v) is 5.52. The average Bonchev–Trinajstić information content (AvgIpc) is 2.32. The summed E-state index contributed by atoms with van der Waals surface area (Å²) < 4.78 is 14.3. The van der Waals surface area contributed by atoms with Gasteiger partial charge in [0.2, 0.25) is 5.91 Å². The monoisotopic (exact) mass is 278 g/mol. The van der Waals surface area contributed by atoms with E-state index in [1.807, 2.05) is 13.8 Å². The minimum absolute atomic E-state index is 0.0303. The molecule has 20 heavy (non-hydrogen) atoms. The number of rotatable bonds is 2. The highest BCUT2D eigenvalue weighted by atomic mass is 19.1. The molecule has 1 aliphatic rings. The first kappa shape index (κ1) is 14.7. The molecule has 5 heteroatoms. The fourth-order valence-electron chi connectivity index (χ4n) is 2.79. The average molecular weight is 278 g/mol. The minimum atomic E-state index is -0.583. The molecule has 3 N–H and O–H groups in total. The zero-order valence-corrected chi connectivity index (χ0v) is 11.9. The Bertz CT molecular complexity index is 582. The zero-order valence-electron chi connectivity index (χ0n) is 11.9. The van der Waals surface area contributed by atoms with Gasteiger partial charge in [-0.15, -0.1) is 0 Å². The largest absolute Gasteiger partial charge is 0.326 e. The molecule has 0 fully saturated rings. The molecule has 1 aromatic rings. The molecule has 1 amide bonds. The van der Waals surface area contributed by atoms with Crippen molar-refractivity contribution in [2.24, 2.45) is 5.73 Å². The highest BCUT2D eigenvalue weighted by Gasteiger charge is 2.31. The molecule has 1 atom stereocenters. The molecule has 0 aliphatic heterocycles. The lowest BCUT2D eigenvalue weighted by Crippen LogP contribution is -2.36. The first-order valence-corrected chi connectivity index (χ1v) is 6.75. The maximum Gasteiger partial charge on any atom is 0.221 e. The van der Waals surface area contributed by atoms with Gasteiger partial charge < -0.3 is 11.1 Å². The zero-order chi connectivity index (χ0) is 15.0. The van der Waals surface area contributed by atoms with E-state index in [1.165, 1.54) is 13.0 Å². The van der Waals surface area contributed by atoms with Gasteiger partial charge in [-0.25, -0.2) is 4.39 Å². The van der Waals surface area contributed by atoms with Gasteiger partial charge >= 0.3 is 0 Å². The number of anilines is 1. The van der Waals surface area contributed by atoms with Crippen LogP contribution in [0, 0.1) is 5.82 Å². The summed E-state index contributed by atoms with van der Waals surface area (Å²) in [5.41, 5.74) is 7.65. The number of halogens is 1. The summed E-state index contributed by atoms with van der Waals surface area (Å²) in [6.07, 6.45) is 1.06. The fourth-order valence-corrected chi connectivity index (χ4v) is 2.79. The number of amides is 1. The van der Waals surface area contributed by atoms with E-state index in [-0.39, 0.29) is 29.1 Å². The Hall–Kier alpha value is -1.75. The summed E-state index contributed by atoms with van der Waals surface area (Å²) >= 11 is 0. The van der Waals surface area contributed by atoms with E-state index in [4.69, 9.17) is 5.73 Å². The molecule has 108 valence electrons. The predicted octanol–water partition coefficient (Wildman–Crippen LogP) is 2.36. The van der Waals surface area contributed by atoms with Crippen LogP contribution in [0.1, 0.15) is 54.6 Å². The summed E-state index contributed by atoms with van der Waals surface area (Å²) in [6.45, 7) is 5.10. The molecule has 0 radical (unpaired) electrons. The lowest BCUT2D eigenvalue weighted by molar-refractivity contribution is -0.114. The van der Waals surface area contributed by atoms with Gasteiger partial charge in [0.25, 0.3) is 0 Å². The van der Waals surface area contributed by atoms with Crippen LogP contribution in [0.25, 0.3) is 0 Å². The number of nitrogens with two attached hydrogens (primary N) is 1. The molecule has 0 heterocycles. The Labute approximate surface area is 117 Å². The van der Waals surface area contributed by atoms with E-state index in [0.29, 0.717) is 29.5 Å². The number of ketones is 1. The van der Waals surface area contributed by atoms with Gasteiger partial charge in [0.05, 0.1) is 11.7 Å². The Morgan fingerprint density at radius 1 is 1.50 bits per heavy atom. The molecule has 1 aromatic carbocycles. The Kier molecular flexibility index (Phi) is 3.90. The van der Waals surface area contributed by atoms with Crippen LogP contribution in [-0.2, 0) is 11.2 Å². The fraction of sp³-hybridized carbons (Fsp3) is 0.467. The van der Waals surface area contributed by atoms with Crippen molar-refractivity contribution in [2.45, 2.75) is 45.6 Å². The first-order valence-electron chi connectivity index (χ1n) is 6.75. The molecular formula is C15H19FN2O2. The number of Topliss-reactive ketones (excluding diaryl/α,β-unsaturated/α-hetero) is 1. The predicted molar refractivity (Wildman–Crippen MR) is 75.4 cm³/mol. The van der Waals surface area contributed by atoms with E-state index in [0.717, 1.165) is 0 Å². The summed E-state index contributed by atoms with van der Waals surface area (Å²) in [7, 11) is 0. The van der Waals surface area contributed by atoms with Crippen molar-refractivity contribution in [1.82, 2.24) is 0 Å². The SMILES string of the molecule is CC(=O)Nc1cc(F)c(C(C)C)c2c1C(=O)C(N)CC2. The van der Waals surface area contributed by atoms with Crippen LogP contribution in [0.2, 0.25) is 0 Å². The molecule has 0 spiro atoms. The number of carbonyl (C=O) groups is 2. The van der Waals surface area contributed by atoms with E-state index < -0.39 is 6.04 Å². The quantitative estimate of drug-likeness (QED) is 0.872. The van der Waals surface area contributed by atoms with Crippen molar-refractivity contribution < 1.29 is 14.0 Å². The van der Waals surface area contributed by atoms with Gasteiger partial charge in [0.15, 0.2) is 5.78 Å². The van der Waals surface area contributed by atoms with Crippen LogP contribution in [0.15, 0.2) is 6.07 Å². The number of carbonyl (C=O) groups excluding carboxylic acids is 2. The number of nitrogens with one attached hydrogen (secondary N) is 1. The second-order valence-electron chi connectivity index (χ2n) is 5.52. The number of benzene rings is 1. The highest BCUT2D eigenvalue weighted by molar-refractivity contribution is 6.09. The van der Waals surface area contributed by atoms with Crippen LogP contribution in [0.4, 0.5) is 10.1 Å². The molecule has 1 unspecified atom stereocenters. The van der Waals surface area contributed by atoms with Crippen molar-refractivity contribution in [3.63, 3.8) is 0 Å². The van der Waals surface area contributed by atoms with Crippen LogP contribution in [0.3, 0.4) is 0 Å². The molecule has 4 nitrogen and oxygen atoms in total. The lowest BCUT2D eigenvalue weighted by atomic mass is 9.80. The third kappa shape index (κ3) is 2.45. The van der Waals surface area contributed by atoms with Gasteiger partial charge in [0.1, 0.15) is 5.82 Å². The van der Waals surface area contributed by atoms with Crippen LogP contribution in [0.5, 0.6) is 0 Å². The topological polar surface area (TPSA) is 72.2 Å². The normalized spacial score (nSPS) is 18.1. The Morgan fingerprint density at radius 3 is 2.70 bits per heavy atom. The molecule has 0 aromatic heterocycles. The molecular weight excluding hydrogens is 259 g/mol. The third-order valence-corrected chi connectivity index (χ3v) is 3.60. The number of hydrogen-bond acceptors (Lipinski definition) is 3. The van der Waals surface area contributed by atoms with Crippen LogP contribution < -0.4 is 11.1 Å². The highest BCUT2D eigenvalue weighted by Crippen LogP contribution is 2.35. The molecule has 1 aliphatic carbocycles. The van der Waals surface area contributed by atoms with E-state index in [1.54, 1.807) is 0 Å². The molecule has 0 bridgehead atoms. The van der Waals surface area contributed by atoms with Gasteiger partial charge in [-0.2, -0.15) is 0 Å². The first-order chi connectivity index (χ1) is 9.32. The molecule has 0 saturated carbocycles. The maximum atomic E-state index is 14.3. The minimum Gasteiger partial charge on any atom is -0.326 e. The third-order valence-electron chi connectivity index (χ3n) is 3.60. The molecule has 0 saturated heterocycles. The summed E-state index contributed by atoms with van der Waals surface area (Å²) in [4.78, 5) is 23.5. The van der Waals surface area contributed by atoms with Crippen molar-refractivity contribution in [3.05, 3.63) is 28.6 Å². The van der Waals surface area contributed by atoms with E-state index in [2.05, 4.69) is 5.32 Å². The maximum absolute atomic E-state index is 14.3. The molecule has 2 rings (SSSR count). The summed E-state index contributed by atoms with van der Waals surface area (Å²) in [6, 6.07) is 0.645. The Morgan fingerprint density at radius 2 is 2.15 bits per heavy atom. The van der Waals surface area contributed by atoms with Gasteiger partial charge in [-0.3, -0.25) is 9.59 Å². The second kappa shape index (κ2) is 5.32. The van der Waals surface area contributed by atoms with Gasteiger partial charge in [-0.05, 0) is 36.0 Å². The Balaban J connectivity index is 2.70. The smallest absolute Gasteiger partial charge is 0.221 e. The standard InChI is InChI=1S/C15H19FN2O2/c1-7(2)13-9-4-5-11(17)15(20)14(9)12(6-10(13)16)18-8(3)19/h6-7,11H,4-5,17H2,1-3H3,(H,18,19). The van der Waals surface area contributed by atoms with Gasteiger partial charge in [-0.1, -0.05) is 13.8 Å². The summed E-state index contributed by atoms with van der Waals surface area (Å²) in [5.74, 6) is -0.976. The van der Waals surface area contributed by atoms with E-state index in [9.17, 15) is 14.0 Å². The number of fused-ring (bicyclic) bond motifs is 1. The van der Waals surface area contributed by atoms with Crippen molar-refractivity contribution in [1.29, 1.82) is 0 Å². The van der Waals surface area contributed by atoms with Crippen LogP contribution >= 0.6 is 0 Å². The lowest BCUT2D eigenvalue weighted by Gasteiger charge is -2.27. The van der Waals surface area contributed by atoms with Crippen molar-refractivity contribution in [2.75, 3.05) is 5.32 Å². The van der Waals surface area contributed by atoms with E-state index >= 15 is 0 Å². The van der Waals surface area contributed by atoms with Crippen molar-refractivity contribution in [3.8, 4) is 0 Å². The summed E-state index contributed by atoms with van der Waals surface area (Å²) in [5, 5.41) is 2.54. The van der Waals surface area contributed by atoms with Crippen molar-refractivity contribution >= 4 is 17.4 Å². The number of hydrogen-bond donors (Lipinski definition) is 2. The van der Waals surface area contributed by atoms with Gasteiger partial charge in [0, 0.05) is 12.5 Å². The van der Waals surface area contributed by atoms with Crippen LogP contribution in [-0.4, -0.2) is 17.7 Å².